The molecular weight excluding hydrogens is 280 g/mol. The van der Waals surface area contributed by atoms with E-state index in [2.05, 4.69) is 20.2 Å². The lowest BCUT2D eigenvalue weighted by Crippen LogP contribution is -2.36. The van der Waals surface area contributed by atoms with Gasteiger partial charge in [0.1, 0.15) is 18.0 Å². The lowest BCUT2D eigenvalue weighted by Gasteiger charge is -2.27. The molecular formula is C16H18N4O2. The van der Waals surface area contributed by atoms with Crippen LogP contribution in [0.1, 0.15) is 17.3 Å². The summed E-state index contributed by atoms with van der Waals surface area (Å²) in [4.78, 5) is 22.2. The first-order chi connectivity index (χ1) is 10.7. The summed E-state index contributed by atoms with van der Waals surface area (Å²) in [6.45, 7) is 4.65. The van der Waals surface area contributed by atoms with Crippen molar-refractivity contribution in [2.75, 3.05) is 36.5 Å². The number of carbonyl (C=O) groups excluding carboxylic acids is 1. The highest BCUT2D eigenvalue weighted by Crippen LogP contribution is 2.20. The standard InChI is InChI=1S/C16H18N4O2/c1-12(21)13-3-2-4-14(9-13)19-15-10-16(18-11-17-15)20-5-7-22-8-6-20/h2-4,9-11H,5-8H2,1H3,(H,17,18,19). The zero-order valence-electron chi connectivity index (χ0n) is 12.5. The Balaban J connectivity index is 1.77. The van der Waals surface area contributed by atoms with Gasteiger partial charge < -0.3 is 15.0 Å². The van der Waals surface area contributed by atoms with Gasteiger partial charge in [-0.1, -0.05) is 12.1 Å². The smallest absolute Gasteiger partial charge is 0.159 e. The Morgan fingerprint density at radius 2 is 2.05 bits per heavy atom. The highest BCUT2D eigenvalue weighted by atomic mass is 16.5. The molecule has 1 N–H and O–H groups in total. The summed E-state index contributed by atoms with van der Waals surface area (Å²) in [5.41, 5.74) is 1.51. The number of rotatable bonds is 4. The van der Waals surface area contributed by atoms with E-state index in [4.69, 9.17) is 4.74 Å². The van der Waals surface area contributed by atoms with E-state index >= 15 is 0 Å². The third-order valence-electron chi connectivity index (χ3n) is 3.53. The number of benzene rings is 1. The summed E-state index contributed by atoms with van der Waals surface area (Å²) >= 11 is 0. The molecule has 6 nitrogen and oxygen atoms in total. The minimum absolute atomic E-state index is 0.0420. The molecule has 0 saturated carbocycles. The average molecular weight is 298 g/mol. The molecule has 0 aliphatic carbocycles. The van der Waals surface area contributed by atoms with E-state index in [9.17, 15) is 4.79 Å². The van der Waals surface area contributed by atoms with Crippen molar-refractivity contribution in [2.24, 2.45) is 0 Å². The van der Waals surface area contributed by atoms with Crippen molar-refractivity contribution in [3.8, 4) is 0 Å². The minimum atomic E-state index is 0.0420. The fourth-order valence-electron chi connectivity index (χ4n) is 2.34. The molecule has 0 radical (unpaired) electrons. The highest BCUT2D eigenvalue weighted by molar-refractivity contribution is 5.95. The van der Waals surface area contributed by atoms with Crippen molar-refractivity contribution in [2.45, 2.75) is 6.92 Å². The molecule has 1 aliphatic heterocycles. The molecule has 22 heavy (non-hydrogen) atoms. The number of Topliss-reactive ketones (excluding diaryl/α,β-unsaturated/α-hetero) is 1. The number of ether oxygens (including phenoxy) is 1. The number of carbonyl (C=O) groups is 1. The third-order valence-corrected chi connectivity index (χ3v) is 3.53. The van der Waals surface area contributed by atoms with Crippen LogP contribution in [0.4, 0.5) is 17.3 Å². The first-order valence-corrected chi connectivity index (χ1v) is 7.25. The van der Waals surface area contributed by atoms with Crippen LogP contribution in [0.15, 0.2) is 36.7 Å². The molecule has 0 unspecified atom stereocenters. The number of nitrogens with one attached hydrogen (secondary N) is 1. The molecule has 3 rings (SSSR count). The second kappa shape index (κ2) is 6.53. The summed E-state index contributed by atoms with van der Waals surface area (Å²) < 4.78 is 5.35. The summed E-state index contributed by atoms with van der Waals surface area (Å²) in [5, 5.41) is 3.22. The van der Waals surface area contributed by atoms with Gasteiger partial charge in [-0.15, -0.1) is 0 Å². The molecule has 0 atom stereocenters. The van der Waals surface area contributed by atoms with Crippen LogP contribution in [0.5, 0.6) is 0 Å². The van der Waals surface area contributed by atoms with Gasteiger partial charge in [-0.25, -0.2) is 9.97 Å². The van der Waals surface area contributed by atoms with Crippen LogP contribution >= 0.6 is 0 Å². The fourth-order valence-corrected chi connectivity index (χ4v) is 2.34. The van der Waals surface area contributed by atoms with E-state index in [-0.39, 0.29) is 5.78 Å². The molecule has 0 spiro atoms. The van der Waals surface area contributed by atoms with Crippen molar-refractivity contribution >= 4 is 23.1 Å². The van der Waals surface area contributed by atoms with Gasteiger partial charge in [0.25, 0.3) is 0 Å². The summed E-state index contributed by atoms with van der Waals surface area (Å²) in [7, 11) is 0. The Hall–Kier alpha value is -2.47. The highest BCUT2D eigenvalue weighted by Gasteiger charge is 2.13. The number of anilines is 3. The Bertz CT molecular complexity index is 669. The molecule has 1 aromatic carbocycles. The molecule has 2 aromatic rings. The predicted octanol–water partition coefficient (Wildman–Crippen LogP) is 2.26. The van der Waals surface area contributed by atoms with E-state index in [1.807, 2.05) is 24.3 Å². The first kappa shape index (κ1) is 14.5. The van der Waals surface area contributed by atoms with Crippen LogP contribution in [0.3, 0.4) is 0 Å². The molecule has 0 bridgehead atoms. The zero-order chi connectivity index (χ0) is 15.4. The minimum Gasteiger partial charge on any atom is -0.378 e. The summed E-state index contributed by atoms with van der Waals surface area (Å²) in [5.74, 6) is 1.63. The van der Waals surface area contributed by atoms with Crippen molar-refractivity contribution in [3.63, 3.8) is 0 Å². The molecule has 1 saturated heterocycles. The van der Waals surface area contributed by atoms with Gasteiger partial charge in [-0.3, -0.25) is 4.79 Å². The number of morpholine rings is 1. The predicted molar refractivity (Wildman–Crippen MR) is 84.8 cm³/mol. The Labute approximate surface area is 129 Å². The van der Waals surface area contributed by atoms with Crippen LogP contribution in [0.2, 0.25) is 0 Å². The summed E-state index contributed by atoms with van der Waals surface area (Å²) in [6, 6.07) is 9.28. The molecule has 2 heterocycles. The van der Waals surface area contributed by atoms with Gasteiger partial charge in [0.15, 0.2) is 5.78 Å². The van der Waals surface area contributed by atoms with Crippen molar-refractivity contribution < 1.29 is 9.53 Å². The van der Waals surface area contributed by atoms with Crippen LogP contribution in [0.25, 0.3) is 0 Å². The number of hydrogen-bond acceptors (Lipinski definition) is 6. The fraction of sp³-hybridized carbons (Fsp3) is 0.312. The molecule has 1 aliphatic rings. The molecule has 1 fully saturated rings. The first-order valence-electron chi connectivity index (χ1n) is 7.25. The maximum atomic E-state index is 11.4. The normalized spacial score (nSPS) is 14.7. The van der Waals surface area contributed by atoms with Crippen molar-refractivity contribution in [1.29, 1.82) is 0 Å². The van der Waals surface area contributed by atoms with E-state index in [0.717, 1.165) is 24.6 Å². The average Bonchev–Trinajstić information content (AvgIpc) is 2.56. The number of hydrogen-bond donors (Lipinski definition) is 1. The van der Waals surface area contributed by atoms with Crippen LogP contribution in [0, 0.1) is 0 Å². The molecule has 6 heteroatoms. The lowest BCUT2D eigenvalue weighted by molar-refractivity contribution is 0.101. The third kappa shape index (κ3) is 3.40. The van der Waals surface area contributed by atoms with E-state index < -0.39 is 0 Å². The topological polar surface area (TPSA) is 67.4 Å². The number of nitrogens with zero attached hydrogens (tertiary/aromatic N) is 3. The molecule has 114 valence electrons. The maximum absolute atomic E-state index is 11.4. The number of ketones is 1. The van der Waals surface area contributed by atoms with Gasteiger partial charge in [0.05, 0.1) is 13.2 Å². The monoisotopic (exact) mass is 298 g/mol. The quantitative estimate of drug-likeness (QED) is 0.873. The van der Waals surface area contributed by atoms with Crippen molar-refractivity contribution in [1.82, 2.24) is 9.97 Å². The molecule has 1 aromatic heterocycles. The molecule has 0 amide bonds. The Morgan fingerprint density at radius 3 is 2.82 bits per heavy atom. The van der Waals surface area contributed by atoms with Gasteiger partial charge in [0.2, 0.25) is 0 Å². The van der Waals surface area contributed by atoms with Crippen LogP contribution in [-0.2, 0) is 4.74 Å². The second-order valence-electron chi connectivity index (χ2n) is 5.12. The van der Waals surface area contributed by atoms with E-state index in [0.29, 0.717) is 24.6 Å². The van der Waals surface area contributed by atoms with Crippen LogP contribution in [-0.4, -0.2) is 42.1 Å². The van der Waals surface area contributed by atoms with Gasteiger partial charge in [-0.05, 0) is 19.1 Å². The zero-order valence-corrected chi connectivity index (χ0v) is 12.5. The number of aromatic nitrogens is 2. The Morgan fingerprint density at radius 1 is 1.23 bits per heavy atom. The maximum Gasteiger partial charge on any atom is 0.159 e. The largest absolute Gasteiger partial charge is 0.378 e. The van der Waals surface area contributed by atoms with Gasteiger partial charge in [-0.2, -0.15) is 0 Å². The summed E-state index contributed by atoms with van der Waals surface area (Å²) in [6.07, 6.45) is 1.54. The van der Waals surface area contributed by atoms with Crippen LogP contribution < -0.4 is 10.2 Å². The lowest BCUT2D eigenvalue weighted by atomic mass is 10.1. The van der Waals surface area contributed by atoms with E-state index in [1.165, 1.54) is 0 Å². The van der Waals surface area contributed by atoms with Gasteiger partial charge in [0, 0.05) is 30.4 Å². The Kier molecular flexibility index (Phi) is 4.29. The van der Waals surface area contributed by atoms with Gasteiger partial charge >= 0.3 is 0 Å². The second-order valence-corrected chi connectivity index (χ2v) is 5.12. The SMILES string of the molecule is CC(=O)c1cccc(Nc2cc(N3CCOCC3)ncn2)c1. The van der Waals surface area contributed by atoms with E-state index in [1.54, 1.807) is 19.3 Å². The van der Waals surface area contributed by atoms with Crippen molar-refractivity contribution in [3.05, 3.63) is 42.2 Å².